The maximum Gasteiger partial charge on any atom is 0.0892 e. The molecule has 0 N–H and O–H groups in total. The summed E-state index contributed by atoms with van der Waals surface area (Å²) < 4.78 is 6.46. The van der Waals surface area contributed by atoms with Crippen LogP contribution < -0.4 is 0 Å². The summed E-state index contributed by atoms with van der Waals surface area (Å²) in [5, 5.41) is 0. The normalized spacial score (nSPS) is 27.2. The smallest absolute Gasteiger partial charge is 0.0892 e. The number of pyridine rings is 1. The van der Waals surface area contributed by atoms with Gasteiger partial charge >= 0.3 is 0 Å². The third kappa shape index (κ3) is 2.49. The number of likely N-dealkylation sites (tertiary alicyclic amines) is 1. The molecule has 92 valence electrons. The minimum Gasteiger partial charge on any atom is -0.371 e. The Balaban J connectivity index is 1.48. The molecule has 0 bridgehead atoms. The van der Waals surface area contributed by atoms with Crippen LogP contribution in [0.1, 0.15) is 12.1 Å². The van der Waals surface area contributed by atoms with E-state index >= 15 is 0 Å². The van der Waals surface area contributed by atoms with Crippen LogP contribution in [0.4, 0.5) is 0 Å². The van der Waals surface area contributed by atoms with Crippen LogP contribution in [0.25, 0.3) is 0 Å². The van der Waals surface area contributed by atoms with Gasteiger partial charge in [-0.05, 0) is 25.6 Å². The van der Waals surface area contributed by atoms with Crippen LogP contribution in [0.2, 0.25) is 0 Å². The number of aromatic nitrogens is 1. The van der Waals surface area contributed by atoms with E-state index in [2.05, 4.69) is 28.7 Å². The fourth-order valence-corrected chi connectivity index (χ4v) is 4.43. The molecule has 1 atom stereocenters. The van der Waals surface area contributed by atoms with Crippen molar-refractivity contribution in [3.8, 4) is 0 Å². The van der Waals surface area contributed by atoms with Gasteiger partial charge in [-0.15, -0.1) is 11.8 Å². The standard InChI is InChI=1S/C13H18N2OS/c1-15-9-13(10-15)6-12(8-17-13)16-7-11-4-2-3-5-14-11/h2-5,12H,6-10H2,1H3. The van der Waals surface area contributed by atoms with Gasteiger partial charge in [-0.3, -0.25) is 4.98 Å². The van der Waals surface area contributed by atoms with Gasteiger partial charge in [-0.25, -0.2) is 0 Å². The molecule has 0 amide bonds. The molecule has 4 heteroatoms. The van der Waals surface area contributed by atoms with Gasteiger partial charge in [-0.1, -0.05) is 6.07 Å². The van der Waals surface area contributed by atoms with E-state index in [4.69, 9.17) is 4.74 Å². The number of nitrogens with zero attached hydrogens (tertiary/aromatic N) is 2. The molecule has 3 heterocycles. The van der Waals surface area contributed by atoms with E-state index in [1.54, 1.807) is 0 Å². The van der Waals surface area contributed by atoms with Crippen LogP contribution in [0, 0.1) is 0 Å². The second-order valence-corrected chi connectivity index (χ2v) is 6.61. The van der Waals surface area contributed by atoms with Gasteiger partial charge in [0.1, 0.15) is 0 Å². The first-order valence-corrected chi connectivity index (χ1v) is 7.08. The zero-order valence-corrected chi connectivity index (χ0v) is 10.9. The quantitative estimate of drug-likeness (QED) is 0.816. The van der Waals surface area contributed by atoms with Gasteiger partial charge in [-0.2, -0.15) is 0 Å². The van der Waals surface area contributed by atoms with E-state index in [1.165, 1.54) is 19.5 Å². The summed E-state index contributed by atoms with van der Waals surface area (Å²) in [6, 6.07) is 5.97. The Morgan fingerprint density at radius 3 is 3.12 bits per heavy atom. The Labute approximate surface area is 107 Å². The zero-order chi connectivity index (χ0) is 11.7. The molecular weight excluding hydrogens is 232 g/mol. The Bertz CT molecular complexity index is 378. The minimum atomic E-state index is 0.413. The minimum absolute atomic E-state index is 0.413. The van der Waals surface area contributed by atoms with Crippen molar-refractivity contribution < 1.29 is 4.74 Å². The maximum atomic E-state index is 5.95. The van der Waals surface area contributed by atoms with Crippen molar-refractivity contribution in [3.05, 3.63) is 30.1 Å². The summed E-state index contributed by atoms with van der Waals surface area (Å²) in [6.45, 7) is 3.10. The molecule has 1 unspecified atom stereocenters. The SMILES string of the molecule is CN1CC2(CC(OCc3ccccn3)CS2)C1. The van der Waals surface area contributed by atoms with Gasteiger partial charge in [0, 0.05) is 29.8 Å². The predicted octanol–water partition coefficient (Wildman–Crippen LogP) is 1.79. The number of rotatable bonds is 3. The first-order chi connectivity index (χ1) is 8.26. The molecule has 1 spiro atoms. The Morgan fingerprint density at radius 1 is 1.53 bits per heavy atom. The largest absolute Gasteiger partial charge is 0.371 e. The topological polar surface area (TPSA) is 25.4 Å². The van der Waals surface area contributed by atoms with Gasteiger partial charge in [0.15, 0.2) is 0 Å². The van der Waals surface area contributed by atoms with Crippen LogP contribution in [0.15, 0.2) is 24.4 Å². The highest BCUT2D eigenvalue weighted by Crippen LogP contribution is 2.45. The highest BCUT2D eigenvalue weighted by atomic mass is 32.2. The van der Waals surface area contributed by atoms with Crippen LogP contribution in [-0.4, -0.2) is 46.6 Å². The highest BCUT2D eigenvalue weighted by molar-refractivity contribution is 8.01. The van der Waals surface area contributed by atoms with Gasteiger partial charge in [0.2, 0.25) is 0 Å². The third-order valence-corrected chi connectivity index (χ3v) is 5.06. The highest BCUT2D eigenvalue weighted by Gasteiger charge is 2.47. The van der Waals surface area contributed by atoms with Gasteiger partial charge in [0.25, 0.3) is 0 Å². The Kier molecular flexibility index (Phi) is 3.11. The summed E-state index contributed by atoms with van der Waals surface area (Å²) in [7, 11) is 2.19. The molecule has 2 aliphatic heterocycles. The lowest BCUT2D eigenvalue weighted by molar-refractivity contribution is 0.0317. The van der Waals surface area contributed by atoms with Crippen molar-refractivity contribution in [1.82, 2.24) is 9.88 Å². The number of hydrogen-bond acceptors (Lipinski definition) is 4. The van der Waals surface area contributed by atoms with Crippen LogP contribution >= 0.6 is 11.8 Å². The lowest BCUT2D eigenvalue weighted by Gasteiger charge is -2.45. The molecule has 0 saturated carbocycles. The van der Waals surface area contributed by atoms with Crippen molar-refractivity contribution in [3.63, 3.8) is 0 Å². The van der Waals surface area contributed by atoms with Crippen LogP contribution in [0.5, 0.6) is 0 Å². The van der Waals surface area contributed by atoms with E-state index < -0.39 is 0 Å². The summed E-state index contributed by atoms with van der Waals surface area (Å²) in [5.41, 5.74) is 1.03. The first kappa shape index (κ1) is 11.5. The third-order valence-electron chi connectivity index (χ3n) is 3.48. The van der Waals surface area contributed by atoms with Crippen LogP contribution in [-0.2, 0) is 11.3 Å². The molecule has 2 fully saturated rings. The molecule has 3 nitrogen and oxygen atoms in total. The molecule has 0 aliphatic carbocycles. The average molecular weight is 250 g/mol. The van der Waals surface area contributed by atoms with Gasteiger partial charge < -0.3 is 9.64 Å². The average Bonchev–Trinajstić information content (AvgIpc) is 2.72. The molecule has 1 aromatic heterocycles. The maximum absolute atomic E-state index is 5.95. The van der Waals surface area contributed by atoms with E-state index in [-0.39, 0.29) is 0 Å². The molecular formula is C13H18N2OS. The summed E-state index contributed by atoms with van der Waals surface area (Å²) >= 11 is 2.09. The van der Waals surface area contributed by atoms with Crippen molar-refractivity contribution in [2.45, 2.75) is 23.9 Å². The molecule has 1 aromatic rings. The fraction of sp³-hybridized carbons (Fsp3) is 0.615. The van der Waals surface area contributed by atoms with Crippen molar-refractivity contribution in [2.24, 2.45) is 0 Å². The van der Waals surface area contributed by atoms with E-state index in [0.29, 0.717) is 17.5 Å². The molecule has 0 radical (unpaired) electrons. The summed E-state index contributed by atoms with van der Waals surface area (Å²) in [6.07, 6.45) is 3.44. The second kappa shape index (κ2) is 4.59. The van der Waals surface area contributed by atoms with E-state index in [0.717, 1.165) is 11.4 Å². The zero-order valence-electron chi connectivity index (χ0n) is 10.1. The van der Waals surface area contributed by atoms with Crippen molar-refractivity contribution >= 4 is 11.8 Å². The summed E-state index contributed by atoms with van der Waals surface area (Å²) in [5.74, 6) is 1.14. The molecule has 2 saturated heterocycles. The van der Waals surface area contributed by atoms with Crippen molar-refractivity contribution in [1.29, 1.82) is 0 Å². The van der Waals surface area contributed by atoms with E-state index in [9.17, 15) is 0 Å². The van der Waals surface area contributed by atoms with E-state index in [1.807, 2.05) is 24.4 Å². The molecule has 3 rings (SSSR count). The molecule has 2 aliphatic rings. The van der Waals surface area contributed by atoms with Crippen LogP contribution in [0.3, 0.4) is 0 Å². The fourth-order valence-electron chi connectivity index (χ4n) is 2.75. The lowest BCUT2D eigenvalue weighted by Crippen LogP contribution is -2.56. The number of hydrogen-bond donors (Lipinski definition) is 0. The monoisotopic (exact) mass is 250 g/mol. The molecule has 17 heavy (non-hydrogen) atoms. The number of ether oxygens (including phenoxy) is 1. The van der Waals surface area contributed by atoms with Crippen molar-refractivity contribution in [2.75, 3.05) is 25.9 Å². The second-order valence-electron chi connectivity index (χ2n) is 5.12. The lowest BCUT2D eigenvalue weighted by atomic mass is 9.94. The summed E-state index contributed by atoms with van der Waals surface area (Å²) in [4.78, 5) is 6.67. The Morgan fingerprint density at radius 2 is 2.41 bits per heavy atom. The Hall–Kier alpha value is -0.580. The molecule has 0 aromatic carbocycles. The van der Waals surface area contributed by atoms with Gasteiger partial charge in [0.05, 0.1) is 18.4 Å². The number of thioether (sulfide) groups is 1. The predicted molar refractivity (Wildman–Crippen MR) is 70.1 cm³/mol. The first-order valence-electron chi connectivity index (χ1n) is 6.10.